The fourth-order valence-electron chi connectivity index (χ4n) is 4.32. The topological polar surface area (TPSA) is 46.0 Å². The van der Waals surface area contributed by atoms with Gasteiger partial charge in [0.2, 0.25) is 5.91 Å². The summed E-state index contributed by atoms with van der Waals surface area (Å²) in [4.78, 5) is 16.6. The van der Waals surface area contributed by atoms with Crippen LogP contribution in [0.1, 0.15) is 16.7 Å². The molecule has 1 heterocycles. The maximum Gasteiger partial charge on any atom is 0.228 e. The number of aryl methyl sites for hydroxylation is 1. The first-order valence-corrected chi connectivity index (χ1v) is 11.3. The highest BCUT2D eigenvalue weighted by Crippen LogP contribution is 2.22. The van der Waals surface area contributed by atoms with Crippen LogP contribution >= 0.6 is 0 Å². The van der Waals surface area contributed by atoms with Crippen molar-refractivity contribution in [1.82, 2.24) is 0 Å². The Morgan fingerprint density at radius 1 is 1.00 bits per heavy atom. The molecular formula is C27H32N3O2+. The van der Waals surface area contributed by atoms with Crippen molar-refractivity contribution in [2.24, 2.45) is 0 Å². The summed E-state index contributed by atoms with van der Waals surface area (Å²) in [5.74, 6) is 0.703. The van der Waals surface area contributed by atoms with E-state index in [1.165, 1.54) is 11.3 Å². The van der Waals surface area contributed by atoms with Crippen LogP contribution < -0.4 is 19.9 Å². The molecular weight excluding hydrogens is 398 g/mol. The Kier molecular flexibility index (Phi) is 7.07. The van der Waals surface area contributed by atoms with Gasteiger partial charge in [0.1, 0.15) is 12.3 Å². The van der Waals surface area contributed by atoms with Gasteiger partial charge < -0.3 is 19.9 Å². The highest BCUT2D eigenvalue weighted by Gasteiger charge is 2.20. The molecule has 3 aromatic rings. The number of nitrogens with zero attached hydrogens (tertiary/aromatic N) is 1. The number of amides is 1. The Balaban J connectivity index is 1.29. The summed E-state index contributed by atoms with van der Waals surface area (Å²) in [7, 11) is 1.63. The summed E-state index contributed by atoms with van der Waals surface area (Å²) >= 11 is 0. The van der Waals surface area contributed by atoms with Gasteiger partial charge in [-0.15, -0.1) is 0 Å². The van der Waals surface area contributed by atoms with Crippen molar-refractivity contribution in [3.05, 3.63) is 89.5 Å². The number of benzene rings is 3. The molecule has 2 N–H and O–H groups in total. The van der Waals surface area contributed by atoms with E-state index in [0.717, 1.165) is 55.3 Å². The SMILES string of the molecule is COc1ccc(C)cc1CC(=O)Nc1ccc(N2CC[NH+](Cc3ccccc3)CC2)cc1. The Labute approximate surface area is 190 Å². The number of methoxy groups -OCH3 is 1. The van der Waals surface area contributed by atoms with Crippen LogP contribution in [0.3, 0.4) is 0 Å². The molecule has 0 atom stereocenters. The Morgan fingerprint density at radius 3 is 2.41 bits per heavy atom. The predicted molar refractivity (Wildman–Crippen MR) is 130 cm³/mol. The third-order valence-corrected chi connectivity index (χ3v) is 6.07. The molecule has 5 heteroatoms. The minimum absolute atomic E-state index is 0.0419. The average Bonchev–Trinajstić information content (AvgIpc) is 2.81. The summed E-state index contributed by atoms with van der Waals surface area (Å²) in [5, 5.41) is 3.01. The van der Waals surface area contributed by atoms with Gasteiger partial charge >= 0.3 is 0 Å². The summed E-state index contributed by atoms with van der Waals surface area (Å²) in [6.07, 6.45) is 0.290. The van der Waals surface area contributed by atoms with E-state index in [1.807, 2.05) is 37.3 Å². The molecule has 0 radical (unpaired) electrons. The third kappa shape index (κ3) is 5.68. The molecule has 1 aliphatic heterocycles. The predicted octanol–water partition coefficient (Wildman–Crippen LogP) is 3.09. The fourth-order valence-corrected chi connectivity index (χ4v) is 4.32. The molecule has 1 fully saturated rings. The number of carbonyl (C=O) groups is 1. The van der Waals surface area contributed by atoms with Crippen molar-refractivity contribution in [2.45, 2.75) is 19.9 Å². The molecule has 5 nitrogen and oxygen atoms in total. The number of carbonyl (C=O) groups excluding carboxylic acids is 1. The third-order valence-electron chi connectivity index (χ3n) is 6.07. The Bertz CT molecular complexity index is 1030. The van der Waals surface area contributed by atoms with Crippen LogP contribution in [0.5, 0.6) is 5.75 Å². The number of ether oxygens (including phenoxy) is 1. The smallest absolute Gasteiger partial charge is 0.228 e. The Hall–Kier alpha value is -3.31. The zero-order valence-corrected chi connectivity index (χ0v) is 18.9. The zero-order chi connectivity index (χ0) is 22.3. The van der Waals surface area contributed by atoms with Crippen LogP contribution in [-0.4, -0.2) is 39.2 Å². The Morgan fingerprint density at radius 2 is 1.72 bits per heavy atom. The number of anilines is 2. The number of rotatable bonds is 7. The van der Waals surface area contributed by atoms with E-state index in [-0.39, 0.29) is 5.91 Å². The van der Waals surface area contributed by atoms with E-state index >= 15 is 0 Å². The number of hydrogen-bond acceptors (Lipinski definition) is 3. The summed E-state index contributed by atoms with van der Waals surface area (Å²) in [5.41, 5.74) is 5.45. The number of piperazine rings is 1. The number of hydrogen-bond donors (Lipinski definition) is 2. The van der Waals surface area contributed by atoms with Gasteiger partial charge in [-0.3, -0.25) is 4.79 Å². The van der Waals surface area contributed by atoms with Crippen LogP contribution in [0.2, 0.25) is 0 Å². The monoisotopic (exact) mass is 430 g/mol. The van der Waals surface area contributed by atoms with Crippen molar-refractivity contribution in [3.8, 4) is 5.75 Å². The quantitative estimate of drug-likeness (QED) is 0.606. The van der Waals surface area contributed by atoms with Crippen molar-refractivity contribution in [2.75, 3.05) is 43.5 Å². The van der Waals surface area contributed by atoms with Gasteiger partial charge in [-0.2, -0.15) is 0 Å². The maximum absolute atomic E-state index is 12.6. The lowest BCUT2D eigenvalue weighted by molar-refractivity contribution is -0.914. The first-order chi connectivity index (χ1) is 15.6. The molecule has 32 heavy (non-hydrogen) atoms. The summed E-state index contributed by atoms with van der Waals surface area (Å²) in [6.45, 7) is 7.45. The molecule has 4 rings (SSSR count). The van der Waals surface area contributed by atoms with Crippen LogP contribution in [0.15, 0.2) is 72.8 Å². The largest absolute Gasteiger partial charge is 0.496 e. The number of nitrogens with one attached hydrogen (secondary N) is 2. The second kappa shape index (κ2) is 10.3. The minimum atomic E-state index is -0.0419. The standard InChI is InChI=1S/C27H31N3O2/c1-21-8-13-26(32-2)23(18-21)19-27(31)28-24-9-11-25(12-10-24)30-16-14-29(15-17-30)20-22-6-4-3-5-7-22/h3-13,18H,14-17,19-20H2,1-2H3,(H,28,31)/p+1. The first kappa shape index (κ1) is 21.9. The van der Waals surface area contributed by atoms with E-state index in [9.17, 15) is 4.79 Å². The average molecular weight is 431 g/mol. The van der Waals surface area contributed by atoms with Crippen molar-refractivity contribution < 1.29 is 14.4 Å². The van der Waals surface area contributed by atoms with Gasteiger partial charge in [0.25, 0.3) is 0 Å². The normalized spacial score (nSPS) is 14.2. The van der Waals surface area contributed by atoms with Gasteiger partial charge in [-0.1, -0.05) is 48.0 Å². The van der Waals surface area contributed by atoms with Crippen LogP contribution in [-0.2, 0) is 17.8 Å². The van der Waals surface area contributed by atoms with Crippen LogP contribution in [0, 0.1) is 6.92 Å². The van der Waals surface area contributed by atoms with Gasteiger partial charge in [-0.25, -0.2) is 0 Å². The van der Waals surface area contributed by atoms with E-state index in [2.05, 4.69) is 52.7 Å². The van der Waals surface area contributed by atoms with Crippen LogP contribution in [0.4, 0.5) is 11.4 Å². The molecule has 0 aromatic heterocycles. The molecule has 1 amide bonds. The highest BCUT2D eigenvalue weighted by molar-refractivity contribution is 5.92. The van der Waals surface area contributed by atoms with Gasteiger partial charge in [-0.05, 0) is 37.3 Å². The molecule has 0 aliphatic carbocycles. The molecule has 0 bridgehead atoms. The lowest BCUT2D eigenvalue weighted by atomic mass is 10.1. The fraction of sp³-hybridized carbons (Fsp3) is 0.296. The van der Waals surface area contributed by atoms with E-state index in [4.69, 9.17) is 4.74 Å². The van der Waals surface area contributed by atoms with Crippen LogP contribution in [0.25, 0.3) is 0 Å². The second-order valence-corrected chi connectivity index (χ2v) is 8.49. The molecule has 1 aliphatic rings. The molecule has 166 valence electrons. The van der Waals surface area contributed by atoms with E-state index in [1.54, 1.807) is 12.0 Å². The summed E-state index contributed by atoms with van der Waals surface area (Å²) in [6, 6.07) is 24.8. The van der Waals surface area contributed by atoms with Gasteiger partial charge in [0.15, 0.2) is 0 Å². The second-order valence-electron chi connectivity index (χ2n) is 8.49. The van der Waals surface area contributed by atoms with Crippen molar-refractivity contribution >= 4 is 17.3 Å². The lowest BCUT2D eigenvalue weighted by Crippen LogP contribution is -3.13. The van der Waals surface area contributed by atoms with E-state index in [0.29, 0.717) is 6.42 Å². The van der Waals surface area contributed by atoms with Crippen molar-refractivity contribution in [3.63, 3.8) is 0 Å². The van der Waals surface area contributed by atoms with Gasteiger partial charge in [0.05, 0.1) is 39.7 Å². The molecule has 0 saturated carbocycles. The van der Waals surface area contributed by atoms with Gasteiger partial charge in [0, 0.05) is 22.5 Å². The number of quaternary nitrogens is 1. The zero-order valence-electron chi connectivity index (χ0n) is 18.9. The molecule has 1 saturated heterocycles. The maximum atomic E-state index is 12.6. The van der Waals surface area contributed by atoms with Crippen molar-refractivity contribution in [1.29, 1.82) is 0 Å². The first-order valence-electron chi connectivity index (χ1n) is 11.3. The molecule has 0 spiro atoms. The highest BCUT2D eigenvalue weighted by atomic mass is 16.5. The molecule has 0 unspecified atom stereocenters. The lowest BCUT2D eigenvalue weighted by Gasteiger charge is -2.33. The minimum Gasteiger partial charge on any atom is -0.496 e. The van der Waals surface area contributed by atoms with E-state index < -0.39 is 0 Å². The summed E-state index contributed by atoms with van der Waals surface area (Å²) < 4.78 is 5.39. The molecule has 3 aromatic carbocycles.